The topological polar surface area (TPSA) is 47.7 Å². The van der Waals surface area contributed by atoms with Crippen LogP contribution in [-0.2, 0) is 0 Å². The lowest BCUT2D eigenvalue weighted by atomic mass is 9.99. The highest BCUT2D eigenvalue weighted by molar-refractivity contribution is 6.03. The van der Waals surface area contributed by atoms with Gasteiger partial charge in [0.2, 0.25) is 0 Å². The maximum absolute atomic E-state index is 7.52. The molecule has 3 rings (SSSR count). The molecule has 0 bridgehead atoms. The van der Waals surface area contributed by atoms with E-state index in [0.717, 1.165) is 32.0 Å². The molecule has 3 aromatic rings. The van der Waals surface area contributed by atoms with E-state index >= 15 is 0 Å². The Balaban J connectivity index is 2.92. The van der Waals surface area contributed by atoms with Crippen LogP contribution in [0.3, 0.4) is 0 Å². The molecule has 3 aromatic carbocycles. The number of nitrogens with one attached hydrogen (secondary N) is 2. The zero-order valence-electron chi connectivity index (χ0n) is 9.62. The van der Waals surface area contributed by atoms with E-state index in [0.29, 0.717) is 0 Å². The van der Waals surface area contributed by atoms with Crippen molar-refractivity contribution in [3.05, 3.63) is 59.0 Å². The summed E-state index contributed by atoms with van der Waals surface area (Å²) < 4.78 is 0. The quantitative estimate of drug-likeness (QED) is 0.437. The number of hydrogen-bond acceptors (Lipinski definition) is 2. The highest BCUT2D eigenvalue weighted by Crippen LogP contribution is 2.11. The summed E-state index contributed by atoms with van der Waals surface area (Å²) in [6.07, 6.45) is 0. The van der Waals surface area contributed by atoms with Gasteiger partial charge in [-0.05, 0) is 11.7 Å². The summed E-state index contributed by atoms with van der Waals surface area (Å²) >= 11 is 0. The molecule has 0 heterocycles. The Morgan fingerprint density at radius 1 is 0.556 bits per heavy atom. The van der Waals surface area contributed by atoms with E-state index in [2.05, 4.69) is 11.7 Å². The summed E-state index contributed by atoms with van der Waals surface area (Å²) in [6.45, 7) is 0. The van der Waals surface area contributed by atoms with Gasteiger partial charge in [-0.2, -0.15) is 0 Å². The van der Waals surface area contributed by atoms with E-state index in [-0.39, 0.29) is 0 Å². The van der Waals surface area contributed by atoms with Crippen LogP contribution in [0.5, 0.6) is 0 Å². The van der Waals surface area contributed by atoms with Crippen LogP contribution >= 0.6 is 0 Å². The molecular weight excluding hydrogens is 220 g/mol. The van der Waals surface area contributed by atoms with Crippen LogP contribution in [0.25, 0.3) is 21.5 Å². The smallest absolute Gasteiger partial charge is 0.0511 e. The molecule has 0 unspecified atom stereocenters. The van der Waals surface area contributed by atoms with Crippen LogP contribution in [0.15, 0.2) is 48.5 Å². The maximum Gasteiger partial charge on any atom is 0.0511 e. The molecule has 2 nitrogen and oxygen atoms in total. The highest BCUT2D eigenvalue weighted by Gasteiger charge is 2.04. The summed E-state index contributed by atoms with van der Waals surface area (Å²) in [6, 6.07) is 15.6. The Morgan fingerprint density at radius 3 is 1.06 bits per heavy atom. The average molecular weight is 230 g/mol. The first kappa shape index (κ1) is 10.5. The van der Waals surface area contributed by atoms with Gasteiger partial charge in [0.1, 0.15) is 0 Å². The van der Waals surface area contributed by atoms with Gasteiger partial charge in [0.25, 0.3) is 0 Å². The van der Waals surface area contributed by atoms with E-state index in [9.17, 15) is 0 Å². The van der Waals surface area contributed by atoms with Crippen molar-refractivity contribution in [1.29, 1.82) is 10.8 Å². The molecule has 0 saturated carbocycles. The van der Waals surface area contributed by atoms with Crippen molar-refractivity contribution in [1.82, 2.24) is 0 Å². The molecule has 0 aromatic heterocycles. The molecule has 0 amide bonds. The lowest BCUT2D eigenvalue weighted by Crippen LogP contribution is -2.16. The largest absolute Gasteiger partial charge is 0.258 e. The molecule has 84 valence electrons. The average Bonchev–Trinajstić information content (AvgIpc) is 2.44. The monoisotopic (exact) mass is 230 g/mol. The second kappa shape index (κ2) is 3.97. The van der Waals surface area contributed by atoms with Gasteiger partial charge in [-0.1, -0.05) is 48.5 Å². The first-order valence-corrected chi connectivity index (χ1v) is 5.65. The van der Waals surface area contributed by atoms with Crippen molar-refractivity contribution in [2.24, 2.45) is 0 Å². The Labute approximate surface area is 104 Å². The van der Waals surface area contributed by atoms with Gasteiger partial charge in [0.15, 0.2) is 0 Å². The van der Waals surface area contributed by atoms with E-state index in [1.807, 2.05) is 48.5 Å². The zero-order chi connectivity index (χ0) is 12.5. The maximum atomic E-state index is 7.52. The van der Waals surface area contributed by atoms with E-state index in [4.69, 9.17) is 10.8 Å². The Bertz CT molecular complexity index is 787. The molecule has 0 spiro atoms. The van der Waals surface area contributed by atoms with Crippen LogP contribution in [0.2, 0.25) is 0 Å². The van der Waals surface area contributed by atoms with Gasteiger partial charge in [-0.25, -0.2) is 0 Å². The number of benzene rings is 3. The molecular formula is C16H10N2. The number of rotatable bonds is 0. The van der Waals surface area contributed by atoms with Crippen LogP contribution in [0.1, 0.15) is 0 Å². The molecule has 0 saturated heterocycles. The van der Waals surface area contributed by atoms with Crippen LogP contribution in [0, 0.1) is 10.8 Å². The molecule has 0 aliphatic heterocycles. The summed E-state index contributed by atoms with van der Waals surface area (Å²) in [5.41, 5.74) is 0. The van der Waals surface area contributed by atoms with Gasteiger partial charge >= 0.3 is 0 Å². The zero-order valence-corrected chi connectivity index (χ0v) is 9.62. The molecule has 0 radical (unpaired) electrons. The Morgan fingerprint density at radius 2 is 0.833 bits per heavy atom. The molecule has 18 heavy (non-hydrogen) atoms. The first-order valence-electron chi connectivity index (χ1n) is 5.65. The summed E-state index contributed by atoms with van der Waals surface area (Å²) in [4.78, 5) is 0. The van der Waals surface area contributed by atoms with E-state index < -0.39 is 0 Å². The van der Waals surface area contributed by atoms with Crippen molar-refractivity contribution in [2.45, 2.75) is 0 Å². The molecule has 0 atom stereocenters. The van der Waals surface area contributed by atoms with Gasteiger partial charge in [0.05, 0.1) is 10.4 Å². The standard InChI is InChI=1S/C16H10N2/c17-9-15-11-5-1-2-6-12(11)16(10-18)14-8-4-3-7-13(14)15/h1-8,17-18H. The normalized spacial score (nSPS) is 10.2. The fraction of sp³-hybridized carbons (Fsp3) is 0. The number of fused-ring (bicyclic) bond motifs is 2. The lowest BCUT2D eigenvalue weighted by Gasteiger charge is -2.03. The fourth-order valence-electron chi connectivity index (χ4n) is 2.40. The van der Waals surface area contributed by atoms with E-state index in [1.54, 1.807) is 0 Å². The van der Waals surface area contributed by atoms with Gasteiger partial charge in [-0.3, -0.25) is 10.8 Å². The van der Waals surface area contributed by atoms with Crippen molar-refractivity contribution in [3.8, 4) is 0 Å². The van der Waals surface area contributed by atoms with E-state index in [1.165, 1.54) is 0 Å². The SMILES string of the molecule is N=C=c1c2ccccc2c(=C=N)c2ccccc12. The van der Waals surface area contributed by atoms with Crippen molar-refractivity contribution in [3.63, 3.8) is 0 Å². The molecule has 0 fully saturated rings. The predicted octanol–water partition coefficient (Wildman–Crippen LogP) is 1.83. The van der Waals surface area contributed by atoms with Crippen LogP contribution < -0.4 is 10.4 Å². The Kier molecular flexibility index (Phi) is 2.32. The number of hydrogen-bond donors (Lipinski definition) is 2. The van der Waals surface area contributed by atoms with Gasteiger partial charge in [-0.15, -0.1) is 0 Å². The predicted molar refractivity (Wildman–Crippen MR) is 74.4 cm³/mol. The second-order valence-electron chi connectivity index (χ2n) is 4.09. The van der Waals surface area contributed by atoms with Gasteiger partial charge < -0.3 is 0 Å². The fourth-order valence-corrected chi connectivity index (χ4v) is 2.40. The third-order valence-corrected chi connectivity index (χ3v) is 3.18. The minimum Gasteiger partial charge on any atom is -0.258 e. The first-order chi connectivity index (χ1) is 8.86. The van der Waals surface area contributed by atoms with Crippen molar-refractivity contribution < 1.29 is 0 Å². The Hall–Kier alpha value is -2.66. The van der Waals surface area contributed by atoms with Gasteiger partial charge in [0, 0.05) is 21.5 Å². The third-order valence-electron chi connectivity index (χ3n) is 3.18. The van der Waals surface area contributed by atoms with Crippen LogP contribution in [-0.4, -0.2) is 11.7 Å². The van der Waals surface area contributed by atoms with Crippen molar-refractivity contribution in [2.75, 3.05) is 0 Å². The lowest BCUT2D eigenvalue weighted by molar-refractivity contribution is 1.56. The summed E-state index contributed by atoms with van der Waals surface area (Å²) in [5.74, 6) is 5.05. The molecule has 0 aliphatic carbocycles. The molecule has 2 heteroatoms. The molecule has 0 aliphatic rings. The van der Waals surface area contributed by atoms with Crippen LogP contribution in [0.4, 0.5) is 0 Å². The minimum absolute atomic E-state index is 0.778. The second-order valence-corrected chi connectivity index (χ2v) is 4.09. The third kappa shape index (κ3) is 1.31. The highest BCUT2D eigenvalue weighted by atomic mass is 14.3. The summed E-state index contributed by atoms with van der Waals surface area (Å²) in [7, 11) is 0. The van der Waals surface area contributed by atoms with Crippen molar-refractivity contribution >= 4 is 33.3 Å². The minimum atomic E-state index is 0.778. The summed E-state index contributed by atoms with van der Waals surface area (Å²) in [5, 5.41) is 20.4. The molecule has 2 N–H and O–H groups in total.